The predicted octanol–water partition coefficient (Wildman–Crippen LogP) is 1.42. The largest absolute Gasteiger partial charge is 0.480 e. The number of carboxylic acids is 1. The summed E-state index contributed by atoms with van der Waals surface area (Å²) in [5.74, 6) is -0.373. The molecule has 0 aromatic rings. The minimum Gasteiger partial charge on any atom is -0.480 e. The van der Waals surface area contributed by atoms with E-state index in [9.17, 15) is 19.5 Å². The second-order valence-corrected chi connectivity index (χ2v) is 7.44. The molecule has 1 atom stereocenters. The molecule has 18 heavy (non-hydrogen) atoms. The molecule has 5 nitrogen and oxygen atoms in total. The number of thioether (sulfide) groups is 2. The Morgan fingerprint density at radius 3 is 2.56 bits per heavy atom. The average molecular weight is 291 g/mol. The number of hydrogen-bond acceptors (Lipinski definition) is 5. The van der Waals surface area contributed by atoms with E-state index in [2.05, 4.69) is 0 Å². The quantitative estimate of drug-likeness (QED) is 0.844. The maximum atomic E-state index is 12.0. The highest BCUT2D eigenvalue weighted by atomic mass is 32.2. The molecule has 1 rings (SSSR count). The first kappa shape index (κ1) is 15.4. The molecular weight excluding hydrogens is 274 g/mol. The zero-order valence-electron chi connectivity index (χ0n) is 10.6. The van der Waals surface area contributed by atoms with Gasteiger partial charge < -0.3 is 10.0 Å². The Morgan fingerprint density at radius 1 is 1.44 bits per heavy atom. The Morgan fingerprint density at radius 2 is 2.06 bits per heavy atom. The molecule has 1 heterocycles. The van der Waals surface area contributed by atoms with E-state index in [4.69, 9.17) is 0 Å². The van der Waals surface area contributed by atoms with E-state index in [1.165, 1.54) is 23.6 Å². The van der Waals surface area contributed by atoms with Gasteiger partial charge in [0.05, 0.1) is 5.88 Å². The molecule has 1 saturated heterocycles. The van der Waals surface area contributed by atoms with E-state index in [0.717, 1.165) is 11.8 Å². The fraction of sp³-hybridized carbons (Fsp3) is 0.727. The maximum absolute atomic E-state index is 12.0. The van der Waals surface area contributed by atoms with Gasteiger partial charge in [-0.2, -0.15) is 0 Å². The highest BCUT2D eigenvalue weighted by Gasteiger charge is 2.47. The average Bonchev–Trinajstić information content (AvgIpc) is 2.53. The number of hydrogen-bond donors (Lipinski definition) is 1. The highest BCUT2D eigenvalue weighted by Crippen LogP contribution is 2.39. The van der Waals surface area contributed by atoms with Crippen LogP contribution in [0.1, 0.15) is 27.2 Å². The Balaban J connectivity index is 2.62. The lowest BCUT2D eigenvalue weighted by molar-refractivity contribution is -0.149. The topological polar surface area (TPSA) is 74.7 Å². The van der Waals surface area contributed by atoms with Gasteiger partial charge in [-0.1, -0.05) is 11.8 Å². The molecule has 7 heteroatoms. The van der Waals surface area contributed by atoms with E-state index in [1.807, 2.05) is 13.8 Å². The van der Waals surface area contributed by atoms with Crippen molar-refractivity contribution in [1.29, 1.82) is 0 Å². The molecule has 1 aliphatic rings. The maximum Gasteiger partial charge on any atom is 0.327 e. The number of nitrogens with zero attached hydrogens (tertiary/aromatic N) is 1. The fourth-order valence-electron chi connectivity index (χ4n) is 1.84. The third-order valence-corrected chi connectivity index (χ3v) is 4.91. The van der Waals surface area contributed by atoms with Crippen LogP contribution >= 0.6 is 23.5 Å². The molecule has 0 saturated carbocycles. The predicted molar refractivity (Wildman–Crippen MR) is 72.6 cm³/mol. The molecule has 0 aromatic heterocycles. The number of carboxylic acid groups (broad SMARTS) is 1. The van der Waals surface area contributed by atoms with Crippen LogP contribution in [0.4, 0.5) is 0 Å². The summed E-state index contributed by atoms with van der Waals surface area (Å²) in [5, 5.41) is 9.18. The SMILES string of the molecule is CC(=O)SCCC(=O)N1CSC(C)(C)C1C(=O)O. The van der Waals surface area contributed by atoms with E-state index in [1.54, 1.807) is 0 Å². The van der Waals surface area contributed by atoms with Gasteiger partial charge in [-0.05, 0) is 13.8 Å². The van der Waals surface area contributed by atoms with Crippen molar-refractivity contribution in [3.8, 4) is 0 Å². The standard InChI is InChI=1S/C11H17NO4S2/c1-7(13)17-5-4-8(14)12-6-18-11(2,3)9(12)10(15)16/h9H,4-6H2,1-3H3,(H,15,16). The molecule has 1 N–H and O–H groups in total. The van der Waals surface area contributed by atoms with Gasteiger partial charge in [0, 0.05) is 23.8 Å². The number of aliphatic carboxylic acids is 1. The molecule has 1 unspecified atom stereocenters. The number of rotatable bonds is 4. The van der Waals surface area contributed by atoms with E-state index >= 15 is 0 Å². The smallest absolute Gasteiger partial charge is 0.327 e. The van der Waals surface area contributed by atoms with Gasteiger partial charge in [-0.3, -0.25) is 9.59 Å². The number of carbonyl (C=O) groups is 3. The second-order valence-electron chi connectivity index (χ2n) is 4.57. The Kier molecular flexibility index (Phi) is 5.10. The lowest BCUT2D eigenvalue weighted by atomic mass is 10.0. The summed E-state index contributed by atoms with van der Waals surface area (Å²) in [5.41, 5.74) is 0. The van der Waals surface area contributed by atoms with Crippen molar-refractivity contribution >= 4 is 40.5 Å². The van der Waals surface area contributed by atoms with Crippen LogP contribution < -0.4 is 0 Å². The molecule has 1 amide bonds. The van der Waals surface area contributed by atoms with Crippen molar-refractivity contribution in [3.63, 3.8) is 0 Å². The van der Waals surface area contributed by atoms with Gasteiger partial charge >= 0.3 is 5.97 Å². The van der Waals surface area contributed by atoms with Crippen molar-refractivity contribution in [2.75, 3.05) is 11.6 Å². The summed E-state index contributed by atoms with van der Waals surface area (Å²) in [6, 6.07) is -0.794. The molecule has 0 radical (unpaired) electrons. The van der Waals surface area contributed by atoms with Crippen molar-refractivity contribution in [2.24, 2.45) is 0 Å². The van der Waals surface area contributed by atoms with Gasteiger partial charge in [0.25, 0.3) is 0 Å². The van der Waals surface area contributed by atoms with Crippen molar-refractivity contribution in [2.45, 2.75) is 38.0 Å². The fourth-order valence-corrected chi connectivity index (χ4v) is 3.55. The van der Waals surface area contributed by atoms with Crippen molar-refractivity contribution < 1.29 is 19.5 Å². The highest BCUT2D eigenvalue weighted by molar-refractivity contribution is 8.13. The van der Waals surface area contributed by atoms with Crippen molar-refractivity contribution in [1.82, 2.24) is 4.90 Å². The van der Waals surface area contributed by atoms with Crippen LogP contribution in [0.3, 0.4) is 0 Å². The Bertz CT molecular complexity index is 370. The third-order valence-electron chi connectivity index (χ3n) is 2.72. The minimum absolute atomic E-state index is 0.0336. The molecule has 0 aliphatic carbocycles. The summed E-state index contributed by atoms with van der Waals surface area (Å²) in [7, 11) is 0. The van der Waals surface area contributed by atoms with Gasteiger partial charge in [0.15, 0.2) is 5.12 Å². The summed E-state index contributed by atoms with van der Waals surface area (Å²) in [6.45, 7) is 5.10. The zero-order valence-corrected chi connectivity index (χ0v) is 12.3. The zero-order chi connectivity index (χ0) is 13.9. The molecule has 1 fully saturated rings. The van der Waals surface area contributed by atoms with Crippen LogP contribution in [0.15, 0.2) is 0 Å². The lowest BCUT2D eigenvalue weighted by Crippen LogP contribution is -2.48. The summed E-state index contributed by atoms with van der Waals surface area (Å²) < 4.78 is -0.477. The van der Waals surface area contributed by atoms with Gasteiger partial charge in [0.1, 0.15) is 6.04 Å². The normalized spacial score (nSPS) is 21.9. The van der Waals surface area contributed by atoms with Gasteiger partial charge in [0.2, 0.25) is 5.91 Å². The molecule has 102 valence electrons. The first-order chi connectivity index (χ1) is 8.25. The van der Waals surface area contributed by atoms with Crippen LogP contribution in [0.5, 0.6) is 0 Å². The van der Waals surface area contributed by atoms with Crippen LogP contribution in [0, 0.1) is 0 Å². The molecular formula is C11H17NO4S2. The minimum atomic E-state index is -0.974. The summed E-state index contributed by atoms with van der Waals surface area (Å²) >= 11 is 2.55. The first-order valence-electron chi connectivity index (χ1n) is 5.55. The van der Waals surface area contributed by atoms with Gasteiger partial charge in [-0.15, -0.1) is 11.8 Å². The van der Waals surface area contributed by atoms with Crippen molar-refractivity contribution in [3.05, 3.63) is 0 Å². The van der Waals surface area contributed by atoms with E-state index < -0.39 is 16.8 Å². The lowest BCUT2D eigenvalue weighted by Gasteiger charge is -2.27. The molecule has 0 spiro atoms. The number of amides is 1. The molecule has 0 bridgehead atoms. The number of carbonyl (C=O) groups excluding carboxylic acids is 2. The van der Waals surface area contributed by atoms with Crippen LogP contribution in [0.25, 0.3) is 0 Å². The summed E-state index contributed by atoms with van der Waals surface area (Å²) in [6.07, 6.45) is 0.199. The van der Waals surface area contributed by atoms with Crippen LogP contribution in [0.2, 0.25) is 0 Å². The molecule has 1 aliphatic heterocycles. The first-order valence-corrected chi connectivity index (χ1v) is 7.52. The monoisotopic (exact) mass is 291 g/mol. The van der Waals surface area contributed by atoms with Crippen LogP contribution in [-0.2, 0) is 14.4 Å². The molecule has 0 aromatic carbocycles. The second kappa shape index (κ2) is 5.97. The van der Waals surface area contributed by atoms with Crippen LogP contribution in [-0.4, -0.2) is 49.4 Å². The summed E-state index contributed by atoms with van der Waals surface area (Å²) in [4.78, 5) is 35.4. The van der Waals surface area contributed by atoms with E-state index in [0.29, 0.717) is 11.6 Å². The Hall–Kier alpha value is -0.690. The van der Waals surface area contributed by atoms with Gasteiger partial charge in [-0.25, -0.2) is 4.79 Å². The Labute approximate surface area is 115 Å². The third kappa shape index (κ3) is 3.65. The van der Waals surface area contributed by atoms with E-state index in [-0.39, 0.29) is 17.4 Å².